The van der Waals surface area contributed by atoms with Gasteiger partial charge < -0.3 is 10.3 Å². The molecule has 0 aliphatic carbocycles. The van der Waals surface area contributed by atoms with Gasteiger partial charge in [-0.15, -0.1) is 0 Å². The second-order valence-electron chi connectivity index (χ2n) is 3.31. The first kappa shape index (κ1) is 13.8. The van der Waals surface area contributed by atoms with Crippen molar-refractivity contribution in [2.24, 2.45) is 7.05 Å². The molecule has 1 aromatic rings. The minimum Gasteiger partial charge on any atom is -0.381 e. The van der Waals surface area contributed by atoms with Gasteiger partial charge in [-0.3, -0.25) is 0 Å². The van der Waals surface area contributed by atoms with Crippen LogP contribution in [0.4, 0.5) is 19.0 Å². The Labute approximate surface area is 95.7 Å². The number of anilines is 1. The number of nitrogens with one attached hydrogen (secondary N) is 1. The van der Waals surface area contributed by atoms with E-state index in [9.17, 15) is 21.6 Å². The average Bonchev–Trinajstić information content (AvgIpc) is 2.43. The number of halogens is 3. The van der Waals surface area contributed by atoms with Crippen LogP contribution in [-0.2, 0) is 17.1 Å². The lowest BCUT2D eigenvalue weighted by Gasteiger charge is -2.09. The summed E-state index contributed by atoms with van der Waals surface area (Å²) in [6.45, 7) is -0.740. The van der Waals surface area contributed by atoms with Crippen molar-refractivity contribution in [3.8, 4) is 0 Å². The van der Waals surface area contributed by atoms with Gasteiger partial charge in [-0.05, 0) is 0 Å². The third kappa shape index (κ3) is 3.60. The van der Waals surface area contributed by atoms with Crippen LogP contribution in [0.2, 0.25) is 0 Å². The van der Waals surface area contributed by atoms with E-state index in [1.54, 1.807) is 0 Å². The zero-order chi connectivity index (χ0) is 13.3. The van der Waals surface area contributed by atoms with E-state index in [2.05, 4.69) is 4.98 Å². The molecule has 0 radical (unpaired) electrons. The number of sulfonamides is 1. The first-order valence-electron chi connectivity index (χ1n) is 4.47. The topological polar surface area (TPSA) is 90.0 Å². The summed E-state index contributed by atoms with van der Waals surface area (Å²) in [5.74, 6) is -0.257. The van der Waals surface area contributed by atoms with E-state index in [0.717, 1.165) is 10.9 Å². The third-order valence-electron chi connectivity index (χ3n) is 1.86. The van der Waals surface area contributed by atoms with E-state index in [1.807, 2.05) is 4.72 Å². The van der Waals surface area contributed by atoms with E-state index in [0.29, 0.717) is 0 Å². The van der Waals surface area contributed by atoms with Gasteiger partial charge in [-0.1, -0.05) is 0 Å². The first-order valence-corrected chi connectivity index (χ1v) is 5.95. The third-order valence-corrected chi connectivity index (χ3v) is 3.45. The molecule has 0 atom stereocenters. The summed E-state index contributed by atoms with van der Waals surface area (Å²) in [6, 6.07) is 0. The average molecular weight is 272 g/mol. The zero-order valence-electron chi connectivity index (χ0n) is 8.82. The molecule has 3 N–H and O–H groups in total. The molecule has 0 bridgehead atoms. The van der Waals surface area contributed by atoms with Crippen molar-refractivity contribution in [1.29, 1.82) is 0 Å². The predicted molar refractivity (Wildman–Crippen MR) is 53.5 cm³/mol. The molecule has 1 rings (SSSR count). The van der Waals surface area contributed by atoms with Crippen LogP contribution < -0.4 is 10.5 Å². The van der Waals surface area contributed by atoms with Gasteiger partial charge >= 0.3 is 6.18 Å². The van der Waals surface area contributed by atoms with Crippen molar-refractivity contribution in [3.63, 3.8) is 0 Å². The van der Waals surface area contributed by atoms with Crippen LogP contribution >= 0.6 is 0 Å². The fourth-order valence-corrected chi connectivity index (χ4v) is 2.42. The minimum absolute atomic E-state index is 0.257. The van der Waals surface area contributed by atoms with Gasteiger partial charge in [0.25, 0.3) is 10.0 Å². The van der Waals surface area contributed by atoms with Crippen LogP contribution in [0.1, 0.15) is 6.42 Å². The van der Waals surface area contributed by atoms with E-state index in [4.69, 9.17) is 5.73 Å². The Bertz CT molecular complexity index is 474. The van der Waals surface area contributed by atoms with Crippen LogP contribution in [0, 0.1) is 0 Å². The number of aryl methyl sites for hydroxylation is 1. The Morgan fingerprint density at radius 3 is 2.53 bits per heavy atom. The monoisotopic (exact) mass is 272 g/mol. The van der Waals surface area contributed by atoms with Crippen LogP contribution in [0.3, 0.4) is 0 Å². The Morgan fingerprint density at radius 2 is 2.12 bits per heavy atom. The second-order valence-corrected chi connectivity index (χ2v) is 4.99. The molecule has 0 aromatic carbocycles. The molecule has 1 aromatic heterocycles. The van der Waals surface area contributed by atoms with Crippen molar-refractivity contribution >= 4 is 15.8 Å². The minimum atomic E-state index is -4.42. The quantitative estimate of drug-likeness (QED) is 0.821. The summed E-state index contributed by atoms with van der Waals surface area (Å²) in [4.78, 5) is 3.54. The van der Waals surface area contributed by atoms with Gasteiger partial charge in [0, 0.05) is 13.6 Å². The predicted octanol–water partition coefficient (Wildman–Crippen LogP) is 0.233. The highest BCUT2D eigenvalue weighted by Crippen LogP contribution is 2.19. The van der Waals surface area contributed by atoms with Gasteiger partial charge in [-0.25, -0.2) is 18.1 Å². The van der Waals surface area contributed by atoms with Gasteiger partial charge in [-0.2, -0.15) is 13.2 Å². The molecule has 0 unspecified atom stereocenters. The highest BCUT2D eigenvalue weighted by Gasteiger charge is 2.29. The summed E-state index contributed by atoms with van der Waals surface area (Å²) in [5.41, 5.74) is 5.31. The lowest BCUT2D eigenvalue weighted by atomic mass is 10.4. The van der Waals surface area contributed by atoms with Gasteiger partial charge in [0.05, 0.1) is 12.7 Å². The van der Waals surface area contributed by atoms with Crippen molar-refractivity contribution in [3.05, 3.63) is 6.33 Å². The van der Waals surface area contributed by atoms with Crippen LogP contribution in [0.15, 0.2) is 11.4 Å². The molecule has 0 aliphatic rings. The fourth-order valence-electron chi connectivity index (χ4n) is 1.16. The summed E-state index contributed by atoms with van der Waals surface area (Å²) in [7, 11) is -2.70. The molecular formula is C7H11F3N4O2S. The molecule has 98 valence electrons. The number of nitrogens with two attached hydrogens (primary N) is 1. The number of aromatic nitrogens is 2. The zero-order valence-corrected chi connectivity index (χ0v) is 9.64. The molecule has 0 saturated carbocycles. The first-order chi connectivity index (χ1) is 7.63. The van der Waals surface area contributed by atoms with E-state index in [-0.39, 0.29) is 10.8 Å². The Morgan fingerprint density at radius 1 is 1.53 bits per heavy atom. The van der Waals surface area contributed by atoms with E-state index >= 15 is 0 Å². The van der Waals surface area contributed by atoms with Crippen molar-refractivity contribution in [2.45, 2.75) is 17.6 Å². The van der Waals surface area contributed by atoms with E-state index in [1.165, 1.54) is 7.05 Å². The summed E-state index contributed by atoms with van der Waals surface area (Å²) in [5, 5.41) is -0.348. The van der Waals surface area contributed by atoms with Crippen LogP contribution in [0.25, 0.3) is 0 Å². The second kappa shape index (κ2) is 4.53. The highest BCUT2D eigenvalue weighted by molar-refractivity contribution is 7.89. The molecule has 0 amide bonds. The number of hydrogen-bond donors (Lipinski definition) is 2. The molecule has 0 spiro atoms. The highest BCUT2D eigenvalue weighted by atomic mass is 32.2. The summed E-state index contributed by atoms with van der Waals surface area (Å²) < 4.78 is 61.7. The van der Waals surface area contributed by atoms with Crippen LogP contribution in [-0.4, -0.2) is 30.7 Å². The molecule has 0 aliphatic heterocycles. The number of nitrogens with zero attached hydrogens (tertiary/aromatic N) is 2. The maximum absolute atomic E-state index is 11.9. The molecule has 0 fully saturated rings. The molecule has 1 heterocycles. The van der Waals surface area contributed by atoms with Gasteiger partial charge in [0.2, 0.25) is 0 Å². The number of imidazole rings is 1. The van der Waals surface area contributed by atoms with E-state index < -0.39 is 29.2 Å². The number of hydrogen-bond acceptors (Lipinski definition) is 4. The Balaban J connectivity index is 2.77. The molecule has 6 nitrogen and oxygen atoms in total. The summed E-state index contributed by atoms with van der Waals surface area (Å²) >= 11 is 0. The van der Waals surface area contributed by atoms with Crippen molar-refractivity contribution in [2.75, 3.05) is 12.3 Å². The van der Waals surface area contributed by atoms with Crippen molar-refractivity contribution < 1.29 is 21.6 Å². The normalized spacial score (nSPS) is 12.9. The SMILES string of the molecule is Cn1cnc(N)c1S(=O)(=O)NCCC(F)(F)F. The number of rotatable bonds is 4. The smallest absolute Gasteiger partial charge is 0.381 e. The fraction of sp³-hybridized carbons (Fsp3) is 0.571. The molecular weight excluding hydrogens is 261 g/mol. The largest absolute Gasteiger partial charge is 0.390 e. The summed E-state index contributed by atoms with van der Waals surface area (Å²) in [6.07, 6.45) is -4.50. The van der Waals surface area contributed by atoms with Gasteiger partial charge in [0.1, 0.15) is 0 Å². The molecule has 0 saturated heterocycles. The number of nitrogen functional groups attached to an aromatic ring is 1. The lowest BCUT2D eigenvalue weighted by molar-refractivity contribution is -0.132. The lowest BCUT2D eigenvalue weighted by Crippen LogP contribution is -2.29. The Hall–Kier alpha value is -1.29. The Kier molecular flexibility index (Phi) is 3.67. The molecule has 17 heavy (non-hydrogen) atoms. The standard InChI is InChI=1S/C7H11F3N4O2S/c1-14-4-12-5(11)6(14)17(15,16)13-3-2-7(8,9)10/h4,13H,2-3,11H2,1H3. The molecule has 10 heteroatoms. The van der Waals surface area contributed by atoms with Gasteiger partial charge in [0.15, 0.2) is 10.8 Å². The number of alkyl halides is 3. The van der Waals surface area contributed by atoms with Crippen molar-refractivity contribution in [1.82, 2.24) is 14.3 Å². The van der Waals surface area contributed by atoms with Crippen LogP contribution in [0.5, 0.6) is 0 Å². The maximum atomic E-state index is 11.9. The maximum Gasteiger partial charge on any atom is 0.390 e.